The molecule has 0 spiro atoms. The molecular formula is C11H16ClN3O2. The summed E-state index contributed by atoms with van der Waals surface area (Å²) in [6.07, 6.45) is 5.80. The molecule has 6 heteroatoms. The lowest BCUT2D eigenvalue weighted by Crippen LogP contribution is -2.30. The number of hydrogen-bond donors (Lipinski definition) is 2. The zero-order chi connectivity index (χ0) is 12.3. The predicted molar refractivity (Wildman–Crippen MR) is 66.6 cm³/mol. The average molecular weight is 258 g/mol. The fraction of sp³-hybridized carbons (Fsp3) is 0.636. The molecule has 1 fully saturated rings. The molecule has 1 unspecified atom stereocenters. The van der Waals surface area contributed by atoms with Gasteiger partial charge in [0.05, 0.1) is 0 Å². The van der Waals surface area contributed by atoms with Crippen LogP contribution in [-0.2, 0) is 6.54 Å². The van der Waals surface area contributed by atoms with Crippen LogP contribution in [0.4, 0.5) is 0 Å². The third-order valence-electron chi connectivity index (χ3n) is 3.08. The Kier molecular flexibility index (Phi) is 4.02. The molecule has 1 atom stereocenters. The number of nitrogens with one attached hydrogen (secondary N) is 2. The summed E-state index contributed by atoms with van der Waals surface area (Å²) in [7, 11) is 0. The van der Waals surface area contributed by atoms with E-state index in [1.54, 1.807) is 0 Å². The van der Waals surface area contributed by atoms with Crippen molar-refractivity contribution in [1.82, 2.24) is 14.9 Å². The van der Waals surface area contributed by atoms with Crippen molar-refractivity contribution in [3.05, 3.63) is 32.1 Å². The molecular weight excluding hydrogens is 242 g/mol. The van der Waals surface area contributed by atoms with Gasteiger partial charge in [0.1, 0.15) is 5.02 Å². The molecule has 0 aromatic carbocycles. The maximum Gasteiger partial charge on any atom is 0.328 e. The molecule has 94 valence electrons. The fourth-order valence-electron chi connectivity index (χ4n) is 2.16. The van der Waals surface area contributed by atoms with Crippen molar-refractivity contribution in [3.8, 4) is 0 Å². The van der Waals surface area contributed by atoms with Crippen LogP contribution in [0.3, 0.4) is 0 Å². The minimum Gasteiger partial charge on any atom is -0.314 e. The number of rotatable bonds is 4. The van der Waals surface area contributed by atoms with Gasteiger partial charge in [0.2, 0.25) is 0 Å². The SMILES string of the molecule is O=c1[nH]c(=O)n(CCCC2CCCN2)cc1Cl. The number of nitrogens with zero attached hydrogens (tertiary/aromatic N) is 1. The Bertz CT molecular complexity index is 488. The van der Waals surface area contributed by atoms with E-state index in [9.17, 15) is 9.59 Å². The summed E-state index contributed by atoms with van der Waals surface area (Å²) in [5.74, 6) is 0. The number of halogens is 1. The smallest absolute Gasteiger partial charge is 0.314 e. The van der Waals surface area contributed by atoms with E-state index in [1.165, 1.54) is 23.6 Å². The first-order valence-corrected chi connectivity index (χ1v) is 6.27. The van der Waals surface area contributed by atoms with Gasteiger partial charge in [0.25, 0.3) is 5.56 Å². The number of aromatic nitrogens is 2. The third kappa shape index (κ3) is 3.20. The summed E-state index contributed by atoms with van der Waals surface area (Å²) < 4.78 is 1.46. The molecule has 0 amide bonds. The van der Waals surface area contributed by atoms with Gasteiger partial charge in [-0.25, -0.2) is 4.79 Å². The number of hydrogen-bond acceptors (Lipinski definition) is 3. The van der Waals surface area contributed by atoms with Crippen LogP contribution in [0.15, 0.2) is 15.8 Å². The monoisotopic (exact) mass is 257 g/mol. The molecule has 17 heavy (non-hydrogen) atoms. The van der Waals surface area contributed by atoms with Crippen LogP contribution < -0.4 is 16.6 Å². The fourth-order valence-corrected chi connectivity index (χ4v) is 2.32. The van der Waals surface area contributed by atoms with Gasteiger partial charge in [-0.15, -0.1) is 0 Å². The molecule has 1 aliphatic rings. The highest BCUT2D eigenvalue weighted by Crippen LogP contribution is 2.11. The molecule has 2 heterocycles. The van der Waals surface area contributed by atoms with Crippen molar-refractivity contribution in [2.24, 2.45) is 0 Å². The Morgan fingerprint density at radius 3 is 3.00 bits per heavy atom. The number of H-pyrrole nitrogens is 1. The summed E-state index contributed by atoms with van der Waals surface area (Å²) in [5, 5.41) is 3.47. The Balaban J connectivity index is 1.92. The Morgan fingerprint density at radius 1 is 1.47 bits per heavy atom. The van der Waals surface area contributed by atoms with E-state index in [2.05, 4.69) is 10.3 Å². The Morgan fingerprint density at radius 2 is 2.29 bits per heavy atom. The minimum atomic E-state index is -0.523. The molecule has 2 rings (SSSR count). The maximum absolute atomic E-state index is 11.5. The highest BCUT2D eigenvalue weighted by atomic mass is 35.5. The van der Waals surface area contributed by atoms with Crippen LogP contribution >= 0.6 is 11.6 Å². The number of aryl methyl sites for hydroxylation is 1. The van der Waals surface area contributed by atoms with Crippen molar-refractivity contribution < 1.29 is 0 Å². The molecule has 0 bridgehead atoms. The van der Waals surface area contributed by atoms with Crippen LogP contribution in [0.5, 0.6) is 0 Å². The summed E-state index contributed by atoms with van der Waals surface area (Å²) in [4.78, 5) is 24.7. The van der Waals surface area contributed by atoms with E-state index in [4.69, 9.17) is 11.6 Å². The van der Waals surface area contributed by atoms with Gasteiger partial charge in [0.15, 0.2) is 0 Å². The second kappa shape index (κ2) is 5.51. The molecule has 2 N–H and O–H groups in total. The van der Waals surface area contributed by atoms with Crippen LogP contribution in [0.1, 0.15) is 25.7 Å². The van der Waals surface area contributed by atoms with Gasteiger partial charge in [-0.3, -0.25) is 14.3 Å². The van der Waals surface area contributed by atoms with E-state index in [1.807, 2.05) is 0 Å². The first kappa shape index (κ1) is 12.4. The van der Waals surface area contributed by atoms with Crippen LogP contribution in [0.25, 0.3) is 0 Å². The largest absolute Gasteiger partial charge is 0.328 e. The minimum absolute atomic E-state index is 0.0589. The van der Waals surface area contributed by atoms with Gasteiger partial charge in [0, 0.05) is 18.8 Å². The van der Waals surface area contributed by atoms with Crippen molar-refractivity contribution in [3.63, 3.8) is 0 Å². The zero-order valence-corrected chi connectivity index (χ0v) is 10.3. The first-order chi connectivity index (χ1) is 8.16. The molecule has 1 saturated heterocycles. The van der Waals surface area contributed by atoms with Crippen molar-refractivity contribution in [2.45, 2.75) is 38.3 Å². The summed E-state index contributed by atoms with van der Waals surface area (Å²) in [5.41, 5.74) is -0.913. The topological polar surface area (TPSA) is 66.9 Å². The lowest BCUT2D eigenvalue weighted by atomic mass is 10.1. The quantitative estimate of drug-likeness (QED) is 0.835. The molecule has 0 radical (unpaired) electrons. The predicted octanol–water partition coefficient (Wildman–Crippen LogP) is 0.722. The van der Waals surface area contributed by atoms with Crippen molar-refractivity contribution in [1.29, 1.82) is 0 Å². The van der Waals surface area contributed by atoms with Gasteiger partial charge in [-0.2, -0.15) is 0 Å². The van der Waals surface area contributed by atoms with Gasteiger partial charge < -0.3 is 5.32 Å². The van der Waals surface area contributed by atoms with Crippen molar-refractivity contribution in [2.75, 3.05) is 6.54 Å². The van der Waals surface area contributed by atoms with Crippen LogP contribution in [0, 0.1) is 0 Å². The first-order valence-electron chi connectivity index (χ1n) is 5.89. The lowest BCUT2D eigenvalue weighted by molar-refractivity contribution is 0.493. The van der Waals surface area contributed by atoms with Crippen LogP contribution in [0.2, 0.25) is 5.02 Å². The highest BCUT2D eigenvalue weighted by Gasteiger charge is 2.13. The molecule has 0 saturated carbocycles. The molecule has 0 aliphatic carbocycles. The second-order valence-electron chi connectivity index (χ2n) is 4.37. The van der Waals surface area contributed by atoms with Gasteiger partial charge in [-0.05, 0) is 32.2 Å². The lowest BCUT2D eigenvalue weighted by Gasteiger charge is -2.10. The standard InChI is InChI=1S/C11H16ClN3O2/c12-9-7-15(11(17)14-10(9)16)6-2-4-8-3-1-5-13-8/h7-8,13H,1-6H2,(H,14,16,17). The van der Waals surface area contributed by atoms with Crippen LogP contribution in [-0.4, -0.2) is 22.1 Å². The summed E-state index contributed by atoms with van der Waals surface area (Å²) in [6.45, 7) is 1.68. The van der Waals surface area contributed by atoms with Crippen molar-refractivity contribution >= 4 is 11.6 Å². The summed E-state index contributed by atoms with van der Waals surface area (Å²) >= 11 is 5.68. The number of aromatic amines is 1. The second-order valence-corrected chi connectivity index (χ2v) is 4.77. The van der Waals surface area contributed by atoms with E-state index in [-0.39, 0.29) is 5.02 Å². The average Bonchev–Trinajstić information content (AvgIpc) is 2.78. The van der Waals surface area contributed by atoms with E-state index in [0.717, 1.165) is 19.4 Å². The van der Waals surface area contributed by atoms with E-state index >= 15 is 0 Å². The molecule has 1 aromatic rings. The molecule has 1 aliphatic heterocycles. The normalized spacial score (nSPS) is 19.7. The Labute approximate surface area is 104 Å². The maximum atomic E-state index is 11.5. The highest BCUT2D eigenvalue weighted by molar-refractivity contribution is 6.30. The molecule has 1 aromatic heterocycles. The van der Waals surface area contributed by atoms with Gasteiger partial charge in [-0.1, -0.05) is 11.6 Å². The third-order valence-corrected chi connectivity index (χ3v) is 3.35. The van der Waals surface area contributed by atoms with Gasteiger partial charge >= 0.3 is 5.69 Å². The van der Waals surface area contributed by atoms with E-state index < -0.39 is 11.2 Å². The Hall–Kier alpha value is -1.07. The zero-order valence-electron chi connectivity index (χ0n) is 9.54. The summed E-state index contributed by atoms with van der Waals surface area (Å²) in [6, 6.07) is 0.573. The molecule has 5 nitrogen and oxygen atoms in total. The van der Waals surface area contributed by atoms with E-state index in [0.29, 0.717) is 12.6 Å².